The van der Waals surface area contributed by atoms with Gasteiger partial charge in [-0.2, -0.15) is 0 Å². The minimum absolute atomic E-state index is 0.216. The summed E-state index contributed by atoms with van der Waals surface area (Å²) >= 11 is 1.50. The quantitative estimate of drug-likeness (QED) is 0.579. The van der Waals surface area contributed by atoms with E-state index in [0.29, 0.717) is 11.8 Å². The molecule has 0 spiro atoms. The van der Waals surface area contributed by atoms with Crippen LogP contribution in [0.5, 0.6) is 0 Å². The first-order valence-corrected chi connectivity index (χ1v) is 6.50. The Kier molecular flexibility index (Phi) is 4.01. The van der Waals surface area contributed by atoms with Gasteiger partial charge in [-0.05, 0) is 12.8 Å². The highest BCUT2D eigenvalue weighted by Gasteiger charge is 2.29. The predicted octanol–water partition coefficient (Wildman–Crippen LogP) is 0.201. The van der Waals surface area contributed by atoms with Gasteiger partial charge in [-0.3, -0.25) is 4.79 Å². The third-order valence-corrected chi connectivity index (χ3v) is 3.68. The molecule has 1 atom stereocenters. The van der Waals surface area contributed by atoms with Crippen LogP contribution in [0.3, 0.4) is 0 Å². The third-order valence-electron chi connectivity index (χ3n) is 2.55. The molecule has 1 heterocycles. The molecule has 1 N–H and O–H groups in total. The molecule has 0 saturated heterocycles. The van der Waals surface area contributed by atoms with Crippen LogP contribution in [-0.2, 0) is 16.6 Å². The van der Waals surface area contributed by atoms with Crippen molar-refractivity contribution in [1.29, 1.82) is 0 Å². The summed E-state index contributed by atoms with van der Waals surface area (Å²) in [6.45, 7) is 0. The fourth-order valence-corrected chi connectivity index (χ4v) is 2.33. The SMILES string of the molecule is COC(=O)C(CSc1nncn1C)NC1CC1. The molecule has 1 aromatic heterocycles. The minimum Gasteiger partial charge on any atom is -0.468 e. The first-order chi connectivity index (χ1) is 8.20. The van der Waals surface area contributed by atoms with Crippen molar-refractivity contribution in [1.82, 2.24) is 20.1 Å². The highest BCUT2D eigenvalue weighted by atomic mass is 32.2. The zero-order valence-corrected chi connectivity index (χ0v) is 10.7. The molecule has 1 aliphatic carbocycles. The first-order valence-electron chi connectivity index (χ1n) is 5.51. The fourth-order valence-electron chi connectivity index (χ4n) is 1.42. The highest BCUT2D eigenvalue weighted by Crippen LogP contribution is 2.22. The maximum Gasteiger partial charge on any atom is 0.323 e. The lowest BCUT2D eigenvalue weighted by Gasteiger charge is -2.15. The Bertz CT molecular complexity index is 391. The number of aryl methyl sites for hydroxylation is 1. The van der Waals surface area contributed by atoms with Crippen molar-refractivity contribution in [3.63, 3.8) is 0 Å². The second-order valence-corrected chi connectivity index (χ2v) is 5.04. The van der Waals surface area contributed by atoms with Gasteiger partial charge in [0.05, 0.1) is 7.11 Å². The van der Waals surface area contributed by atoms with Crippen LogP contribution in [-0.4, -0.2) is 45.7 Å². The molecule has 0 radical (unpaired) electrons. The van der Waals surface area contributed by atoms with Crippen molar-refractivity contribution >= 4 is 17.7 Å². The number of aromatic nitrogens is 3. The van der Waals surface area contributed by atoms with E-state index in [0.717, 1.165) is 18.0 Å². The largest absolute Gasteiger partial charge is 0.468 e. The van der Waals surface area contributed by atoms with E-state index in [1.807, 2.05) is 11.6 Å². The normalized spacial score (nSPS) is 16.8. The number of carbonyl (C=O) groups excluding carboxylic acids is 1. The van der Waals surface area contributed by atoms with E-state index in [-0.39, 0.29) is 12.0 Å². The van der Waals surface area contributed by atoms with Gasteiger partial charge in [-0.15, -0.1) is 10.2 Å². The summed E-state index contributed by atoms with van der Waals surface area (Å²) in [5, 5.41) is 11.8. The zero-order valence-electron chi connectivity index (χ0n) is 9.92. The molecule has 17 heavy (non-hydrogen) atoms. The smallest absolute Gasteiger partial charge is 0.323 e. The van der Waals surface area contributed by atoms with Gasteiger partial charge in [0.2, 0.25) is 0 Å². The van der Waals surface area contributed by atoms with E-state index in [2.05, 4.69) is 15.5 Å². The maximum atomic E-state index is 11.6. The van der Waals surface area contributed by atoms with Crippen LogP contribution >= 0.6 is 11.8 Å². The lowest BCUT2D eigenvalue weighted by Crippen LogP contribution is -2.41. The van der Waals surface area contributed by atoms with Crippen molar-refractivity contribution < 1.29 is 9.53 Å². The lowest BCUT2D eigenvalue weighted by molar-refractivity contribution is -0.142. The Labute approximate surface area is 104 Å². The molecule has 1 aromatic rings. The summed E-state index contributed by atoms with van der Waals surface area (Å²) < 4.78 is 6.61. The van der Waals surface area contributed by atoms with Crippen molar-refractivity contribution in [2.75, 3.05) is 12.9 Å². The van der Waals surface area contributed by atoms with E-state index in [4.69, 9.17) is 4.74 Å². The van der Waals surface area contributed by atoms with Crippen molar-refractivity contribution in [2.24, 2.45) is 7.05 Å². The maximum absolute atomic E-state index is 11.6. The Morgan fingerprint density at radius 2 is 2.53 bits per heavy atom. The Morgan fingerprint density at radius 3 is 3.06 bits per heavy atom. The van der Waals surface area contributed by atoms with Gasteiger partial charge < -0.3 is 14.6 Å². The van der Waals surface area contributed by atoms with E-state index >= 15 is 0 Å². The number of hydrogen-bond acceptors (Lipinski definition) is 6. The lowest BCUT2D eigenvalue weighted by atomic mass is 10.3. The van der Waals surface area contributed by atoms with Gasteiger partial charge in [-0.25, -0.2) is 0 Å². The summed E-state index contributed by atoms with van der Waals surface area (Å²) in [6, 6.07) is 0.202. The Balaban J connectivity index is 1.88. The molecule has 0 bridgehead atoms. The minimum atomic E-state index is -0.269. The Morgan fingerprint density at radius 1 is 1.76 bits per heavy atom. The second kappa shape index (κ2) is 5.50. The van der Waals surface area contributed by atoms with Gasteiger partial charge in [0, 0.05) is 18.8 Å². The van der Waals surface area contributed by atoms with Crippen molar-refractivity contribution in [3.8, 4) is 0 Å². The number of hydrogen-bond donors (Lipinski definition) is 1. The van der Waals surface area contributed by atoms with Crippen LogP contribution in [0.1, 0.15) is 12.8 Å². The van der Waals surface area contributed by atoms with Crippen LogP contribution in [0.4, 0.5) is 0 Å². The number of carbonyl (C=O) groups is 1. The van der Waals surface area contributed by atoms with Crippen LogP contribution in [0.2, 0.25) is 0 Å². The summed E-state index contributed by atoms with van der Waals surface area (Å²) in [5.74, 6) is 0.391. The average molecular weight is 256 g/mol. The number of nitrogens with one attached hydrogen (secondary N) is 1. The van der Waals surface area contributed by atoms with Gasteiger partial charge in [0.1, 0.15) is 12.4 Å². The molecule has 1 saturated carbocycles. The van der Waals surface area contributed by atoms with Crippen molar-refractivity contribution in [3.05, 3.63) is 6.33 Å². The first kappa shape index (κ1) is 12.4. The summed E-state index contributed by atoms with van der Waals surface area (Å²) in [5.41, 5.74) is 0. The molecular formula is C10H16N4O2S. The van der Waals surface area contributed by atoms with E-state index < -0.39 is 0 Å². The number of rotatable bonds is 6. The van der Waals surface area contributed by atoms with Gasteiger partial charge in [0.15, 0.2) is 5.16 Å². The van der Waals surface area contributed by atoms with Crippen LogP contribution in [0.25, 0.3) is 0 Å². The standard InChI is InChI=1S/C10H16N4O2S/c1-14-6-11-13-10(14)17-5-8(9(15)16-2)12-7-3-4-7/h6-8,12H,3-5H2,1-2H3. The highest BCUT2D eigenvalue weighted by molar-refractivity contribution is 7.99. The molecule has 0 aliphatic heterocycles. The molecule has 0 amide bonds. The average Bonchev–Trinajstić information content (AvgIpc) is 3.06. The number of thioether (sulfide) groups is 1. The Hall–Kier alpha value is -1.08. The summed E-state index contributed by atoms with van der Waals surface area (Å²) in [7, 11) is 3.29. The van der Waals surface area contributed by atoms with Crippen LogP contribution < -0.4 is 5.32 Å². The number of methoxy groups -OCH3 is 1. The molecule has 2 rings (SSSR count). The summed E-state index contributed by atoms with van der Waals surface area (Å²) in [6.07, 6.45) is 3.92. The topological polar surface area (TPSA) is 69.0 Å². The number of ether oxygens (including phenoxy) is 1. The van der Waals surface area contributed by atoms with Gasteiger partial charge in [-0.1, -0.05) is 11.8 Å². The van der Waals surface area contributed by atoms with E-state index in [1.54, 1.807) is 6.33 Å². The van der Waals surface area contributed by atoms with E-state index in [1.165, 1.54) is 18.9 Å². The molecule has 7 heteroatoms. The van der Waals surface area contributed by atoms with Crippen LogP contribution in [0.15, 0.2) is 11.5 Å². The molecule has 1 unspecified atom stereocenters. The predicted molar refractivity (Wildman–Crippen MR) is 63.7 cm³/mol. The van der Waals surface area contributed by atoms with Crippen molar-refractivity contribution in [2.45, 2.75) is 30.1 Å². The monoisotopic (exact) mass is 256 g/mol. The molecule has 1 aliphatic rings. The molecule has 94 valence electrons. The fraction of sp³-hybridized carbons (Fsp3) is 0.700. The number of nitrogens with zero attached hydrogens (tertiary/aromatic N) is 3. The number of esters is 1. The second-order valence-electron chi connectivity index (χ2n) is 4.05. The van der Waals surface area contributed by atoms with Gasteiger partial charge in [0.25, 0.3) is 0 Å². The van der Waals surface area contributed by atoms with E-state index in [9.17, 15) is 4.79 Å². The molecular weight excluding hydrogens is 240 g/mol. The van der Waals surface area contributed by atoms with Crippen LogP contribution in [0, 0.1) is 0 Å². The molecule has 0 aromatic carbocycles. The molecule has 6 nitrogen and oxygen atoms in total. The van der Waals surface area contributed by atoms with Gasteiger partial charge >= 0.3 is 5.97 Å². The summed E-state index contributed by atoms with van der Waals surface area (Å²) in [4.78, 5) is 11.6. The molecule has 1 fully saturated rings. The third kappa shape index (κ3) is 3.44. The zero-order chi connectivity index (χ0) is 12.3.